The van der Waals surface area contributed by atoms with Crippen LogP contribution in [0.4, 0.5) is 0 Å². The Bertz CT molecular complexity index is 487. The van der Waals surface area contributed by atoms with Crippen LogP contribution in [0, 0.1) is 0 Å². The quantitative estimate of drug-likeness (QED) is 0.658. The standard InChI is InChI=1S/C12H12BrClN2S/c13-10-2-1-8(11(14)6-10)5-12(16-15)9-3-4-17-7-9/h1-4,6-7,12,16H,5,15H2. The highest BCUT2D eigenvalue weighted by Gasteiger charge is 2.12. The maximum atomic E-state index is 6.20. The molecular weight excluding hydrogens is 320 g/mol. The summed E-state index contributed by atoms with van der Waals surface area (Å²) in [6, 6.07) is 8.07. The summed E-state index contributed by atoms with van der Waals surface area (Å²) < 4.78 is 0.985. The van der Waals surface area contributed by atoms with Gasteiger partial charge in [0.15, 0.2) is 0 Å². The van der Waals surface area contributed by atoms with Crippen LogP contribution in [0.3, 0.4) is 0 Å². The lowest BCUT2D eigenvalue weighted by molar-refractivity contribution is 0.553. The van der Waals surface area contributed by atoms with E-state index in [-0.39, 0.29) is 6.04 Å². The van der Waals surface area contributed by atoms with E-state index < -0.39 is 0 Å². The molecule has 0 aliphatic carbocycles. The Morgan fingerprint density at radius 2 is 2.24 bits per heavy atom. The van der Waals surface area contributed by atoms with Gasteiger partial charge in [-0.05, 0) is 46.5 Å². The molecule has 5 heteroatoms. The summed E-state index contributed by atoms with van der Waals surface area (Å²) in [4.78, 5) is 0. The molecule has 90 valence electrons. The van der Waals surface area contributed by atoms with E-state index in [0.29, 0.717) is 0 Å². The fraction of sp³-hybridized carbons (Fsp3) is 0.167. The number of rotatable bonds is 4. The van der Waals surface area contributed by atoms with Crippen LogP contribution in [-0.4, -0.2) is 0 Å². The Balaban J connectivity index is 2.19. The minimum Gasteiger partial charge on any atom is -0.271 e. The average molecular weight is 332 g/mol. The van der Waals surface area contributed by atoms with Crippen LogP contribution in [0.25, 0.3) is 0 Å². The summed E-state index contributed by atoms with van der Waals surface area (Å²) in [5.74, 6) is 5.59. The van der Waals surface area contributed by atoms with Gasteiger partial charge in [-0.3, -0.25) is 11.3 Å². The first-order valence-electron chi connectivity index (χ1n) is 5.13. The molecule has 0 radical (unpaired) electrons. The molecule has 3 N–H and O–H groups in total. The van der Waals surface area contributed by atoms with Crippen molar-refractivity contribution in [2.24, 2.45) is 5.84 Å². The molecule has 1 heterocycles. The van der Waals surface area contributed by atoms with E-state index in [2.05, 4.69) is 32.8 Å². The van der Waals surface area contributed by atoms with E-state index in [9.17, 15) is 0 Å². The van der Waals surface area contributed by atoms with E-state index in [4.69, 9.17) is 17.4 Å². The molecule has 1 atom stereocenters. The van der Waals surface area contributed by atoms with E-state index in [1.165, 1.54) is 5.56 Å². The van der Waals surface area contributed by atoms with E-state index in [0.717, 1.165) is 21.5 Å². The number of hydrogen-bond acceptors (Lipinski definition) is 3. The van der Waals surface area contributed by atoms with Gasteiger partial charge in [-0.1, -0.05) is 33.6 Å². The van der Waals surface area contributed by atoms with Gasteiger partial charge >= 0.3 is 0 Å². The lowest BCUT2D eigenvalue weighted by Gasteiger charge is -2.15. The van der Waals surface area contributed by atoms with Crippen LogP contribution in [0.5, 0.6) is 0 Å². The zero-order valence-corrected chi connectivity index (χ0v) is 12.1. The summed E-state index contributed by atoms with van der Waals surface area (Å²) in [5.41, 5.74) is 5.11. The second-order valence-electron chi connectivity index (χ2n) is 3.72. The van der Waals surface area contributed by atoms with Crippen LogP contribution in [0.2, 0.25) is 5.02 Å². The van der Waals surface area contributed by atoms with Crippen molar-refractivity contribution in [1.82, 2.24) is 5.43 Å². The molecular formula is C12H12BrClN2S. The topological polar surface area (TPSA) is 38.0 Å². The van der Waals surface area contributed by atoms with Crippen LogP contribution in [-0.2, 0) is 6.42 Å². The minimum absolute atomic E-state index is 0.0972. The Labute approximate surface area is 118 Å². The van der Waals surface area contributed by atoms with Gasteiger partial charge < -0.3 is 0 Å². The van der Waals surface area contributed by atoms with Gasteiger partial charge in [0.2, 0.25) is 0 Å². The first kappa shape index (κ1) is 13.1. The second kappa shape index (κ2) is 5.98. The molecule has 1 unspecified atom stereocenters. The van der Waals surface area contributed by atoms with Crippen LogP contribution < -0.4 is 11.3 Å². The number of hydrogen-bond donors (Lipinski definition) is 2. The third kappa shape index (κ3) is 3.30. The molecule has 0 fully saturated rings. The molecule has 0 aliphatic heterocycles. The van der Waals surface area contributed by atoms with Crippen LogP contribution >= 0.6 is 38.9 Å². The van der Waals surface area contributed by atoms with Crippen molar-refractivity contribution >= 4 is 38.9 Å². The summed E-state index contributed by atoms with van der Waals surface area (Å²) in [7, 11) is 0. The van der Waals surface area contributed by atoms with Crippen molar-refractivity contribution in [3.8, 4) is 0 Å². The fourth-order valence-corrected chi connectivity index (χ4v) is 3.12. The largest absolute Gasteiger partial charge is 0.271 e. The molecule has 1 aromatic heterocycles. The molecule has 0 amide bonds. The van der Waals surface area contributed by atoms with Crippen molar-refractivity contribution in [3.63, 3.8) is 0 Å². The molecule has 0 spiro atoms. The number of nitrogens with two attached hydrogens (primary N) is 1. The Morgan fingerprint density at radius 3 is 2.82 bits per heavy atom. The Kier molecular flexibility index (Phi) is 4.59. The van der Waals surface area contributed by atoms with Gasteiger partial charge in [0.1, 0.15) is 0 Å². The summed E-state index contributed by atoms with van der Waals surface area (Å²) in [5, 5.41) is 4.90. The highest BCUT2D eigenvalue weighted by Crippen LogP contribution is 2.26. The number of thiophene rings is 1. The highest BCUT2D eigenvalue weighted by molar-refractivity contribution is 9.10. The zero-order chi connectivity index (χ0) is 12.3. The number of hydrazine groups is 1. The van der Waals surface area contributed by atoms with E-state index >= 15 is 0 Å². The predicted octanol–water partition coefficient (Wildman–Crippen LogP) is 3.91. The molecule has 2 rings (SSSR count). The van der Waals surface area contributed by atoms with Crippen LogP contribution in [0.1, 0.15) is 17.2 Å². The molecule has 2 nitrogen and oxygen atoms in total. The summed E-state index contributed by atoms with van der Waals surface area (Å²) >= 11 is 11.3. The monoisotopic (exact) mass is 330 g/mol. The lowest BCUT2D eigenvalue weighted by atomic mass is 10.0. The van der Waals surface area contributed by atoms with Gasteiger partial charge in [-0.25, -0.2) is 0 Å². The van der Waals surface area contributed by atoms with Gasteiger partial charge in [-0.15, -0.1) is 0 Å². The molecule has 0 saturated carbocycles. The predicted molar refractivity (Wildman–Crippen MR) is 77.2 cm³/mol. The zero-order valence-electron chi connectivity index (χ0n) is 8.99. The molecule has 0 bridgehead atoms. The lowest BCUT2D eigenvalue weighted by Crippen LogP contribution is -2.29. The second-order valence-corrected chi connectivity index (χ2v) is 5.82. The SMILES string of the molecule is NNC(Cc1ccc(Br)cc1Cl)c1ccsc1. The van der Waals surface area contributed by atoms with Crippen molar-refractivity contribution in [3.05, 3.63) is 55.6 Å². The van der Waals surface area contributed by atoms with Crippen molar-refractivity contribution in [2.45, 2.75) is 12.5 Å². The van der Waals surface area contributed by atoms with E-state index in [1.54, 1.807) is 11.3 Å². The van der Waals surface area contributed by atoms with Gasteiger partial charge in [0.25, 0.3) is 0 Å². The maximum absolute atomic E-state index is 6.20. The smallest absolute Gasteiger partial charge is 0.0509 e. The van der Waals surface area contributed by atoms with Crippen molar-refractivity contribution in [1.29, 1.82) is 0 Å². The fourth-order valence-electron chi connectivity index (χ4n) is 1.65. The molecule has 0 saturated heterocycles. The first-order chi connectivity index (χ1) is 8.20. The number of halogens is 2. The maximum Gasteiger partial charge on any atom is 0.0509 e. The van der Waals surface area contributed by atoms with Gasteiger partial charge in [-0.2, -0.15) is 11.3 Å². The summed E-state index contributed by atoms with van der Waals surface area (Å²) in [6.07, 6.45) is 0.777. The number of nitrogens with one attached hydrogen (secondary N) is 1. The normalized spacial score (nSPS) is 12.6. The highest BCUT2D eigenvalue weighted by atomic mass is 79.9. The van der Waals surface area contributed by atoms with Crippen LogP contribution in [0.15, 0.2) is 39.5 Å². The summed E-state index contributed by atoms with van der Waals surface area (Å²) in [6.45, 7) is 0. The first-order valence-corrected chi connectivity index (χ1v) is 7.24. The number of benzene rings is 1. The third-order valence-corrected chi connectivity index (χ3v) is 4.13. The molecule has 1 aromatic carbocycles. The molecule has 2 aromatic rings. The molecule has 0 aliphatic rings. The minimum atomic E-state index is 0.0972. The average Bonchev–Trinajstić information content (AvgIpc) is 2.81. The Hall–Kier alpha value is -0.390. The third-order valence-electron chi connectivity index (χ3n) is 2.59. The molecule has 17 heavy (non-hydrogen) atoms. The van der Waals surface area contributed by atoms with Crippen molar-refractivity contribution in [2.75, 3.05) is 0 Å². The Morgan fingerprint density at radius 1 is 1.41 bits per heavy atom. The van der Waals surface area contributed by atoms with Crippen molar-refractivity contribution < 1.29 is 0 Å². The van der Waals surface area contributed by atoms with Gasteiger partial charge in [0.05, 0.1) is 6.04 Å². The van der Waals surface area contributed by atoms with E-state index in [1.807, 2.05) is 23.6 Å². The van der Waals surface area contributed by atoms with Gasteiger partial charge in [0, 0.05) is 9.50 Å².